The molecule has 1 fully saturated rings. The Morgan fingerprint density at radius 3 is 2.68 bits per heavy atom. The van der Waals surface area contributed by atoms with Crippen LogP contribution in [0.4, 0.5) is 13.2 Å². The van der Waals surface area contributed by atoms with Gasteiger partial charge in [-0.2, -0.15) is 13.2 Å². The first-order valence-electron chi connectivity index (χ1n) is 10.9. The Hall–Kier alpha value is -2.35. The monoisotopic (exact) mass is 436 g/mol. The number of piperidine rings is 1. The molecule has 170 valence electrons. The number of likely N-dealkylation sites (tertiary alicyclic amines) is 1. The lowest BCUT2D eigenvalue weighted by atomic mass is 9.92. The first-order chi connectivity index (χ1) is 14.7. The molecule has 2 heterocycles. The Morgan fingerprint density at radius 2 is 2.03 bits per heavy atom. The fourth-order valence-corrected chi connectivity index (χ4v) is 4.01. The number of amides is 1. The topological polar surface area (TPSA) is 61.0 Å². The van der Waals surface area contributed by atoms with Crippen LogP contribution in [-0.4, -0.2) is 33.9 Å². The molecule has 3 rings (SSSR count). The van der Waals surface area contributed by atoms with Crippen LogP contribution in [0.5, 0.6) is 0 Å². The second-order valence-electron chi connectivity index (χ2n) is 8.34. The zero-order valence-corrected chi connectivity index (χ0v) is 18.2. The predicted molar refractivity (Wildman–Crippen MR) is 113 cm³/mol. The number of H-pyrrole nitrogens is 1. The van der Waals surface area contributed by atoms with Crippen molar-refractivity contribution >= 4 is 5.91 Å². The Kier molecular flexibility index (Phi) is 7.75. The van der Waals surface area contributed by atoms with E-state index in [1.165, 1.54) is 6.07 Å². The summed E-state index contributed by atoms with van der Waals surface area (Å²) >= 11 is 0. The van der Waals surface area contributed by atoms with Gasteiger partial charge in [-0.15, -0.1) is 0 Å². The van der Waals surface area contributed by atoms with Crippen molar-refractivity contribution in [2.45, 2.75) is 65.2 Å². The number of aromatic nitrogens is 2. The molecule has 1 aliphatic heterocycles. The van der Waals surface area contributed by atoms with Crippen LogP contribution in [0.3, 0.4) is 0 Å². The molecule has 1 aromatic carbocycles. The van der Waals surface area contributed by atoms with Crippen LogP contribution in [0.1, 0.15) is 60.9 Å². The fraction of sp³-hybridized carbons (Fsp3) is 0.565. The summed E-state index contributed by atoms with van der Waals surface area (Å²) in [6.07, 6.45) is -0.163. The quantitative estimate of drug-likeness (QED) is 0.635. The first-order valence-corrected chi connectivity index (χ1v) is 10.9. The van der Waals surface area contributed by atoms with E-state index >= 15 is 0 Å². The van der Waals surface area contributed by atoms with E-state index in [9.17, 15) is 18.0 Å². The summed E-state index contributed by atoms with van der Waals surface area (Å²) < 4.78 is 38.4. The number of aromatic amines is 1. The van der Waals surface area contributed by atoms with Gasteiger partial charge in [0.05, 0.1) is 11.3 Å². The molecule has 5 nitrogen and oxygen atoms in total. The number of alkyl halides is 3. The maximum atomic E-state index is 12.8. The normalized spacial score (nSPS) is 15.9. The van der Waals surface area contributed by atoms with Crippen LogP contribution in [0.2, 0.25) is 0 Å². The van der Waals surface area contributed by atoms with Crippen LogP contribution < -0.4 is 5.32 Å². The molecule has 0 atom stereocenters. The van der Waals surface area contributed by atoms with Gasteiger partial charge in [0.25, 0.3) is 0 Å². The second-order valence-corrected chi connectivity index (χ2v) is 8.34. The van der Waals surface area contributed by atoms with Gasteiger partial charge in [-0.3, -0.25) is 9.69 Å². The number of aryl methyl sites for hydroxylation is 2. The zero-order chi connectivity index (χ0) is 22.4. The van der Waals surface area contributed by atoms with Gasteiger partial charge in [0.1, 0.15) is 5.82 Å². The second kappa shape index (κ2) is 10.3. The van der Waals surface area contributed by atoms with Crippen LogP contribution >= 0.6 is 0 Å². The minimum Gasteiger partial charge on any atom is -0.352 e. The third-order valence-corrected chi connectivity index (χ3v) is 5.97. The molecule has 0 spiro atoms. The molecule has 1 aliphatic rings. The first kappa shape index (κ1) is 23.3. The average Bonchev–Trinajstić information content (AvgIpc) is 3.11. The maximum Gasteiger partial charge on any atom is 0.416 e. The molecule has 2 aromatic rings. The smallest absolute Gasteiger partial charge is 0.352 e. The molecule has 0 saturated carbocycles. The van der Waals surface area contributed by atoms with E-state index in [1.807, 2.05) is 0 Å². The highest BCUT2D eigenvalue weighted by Crippen LogP contribution is 2.29. The van der Waals surface area contributed by atoms with Crippen molar-refractivity contribution in [3.8, 4) is 0 Å². The minimum atomic E-state index is -4.37. The van der Waals surface area contributed by atoms with Gasteiger partial charge in [0.2, 0.25) is 5.91 Å². The van der Waals surface area contributed by atoms with Crippen molar-refractivity contribution in [2.24, 2.45) is 5.92 Å². The molecule has 0 bridgehead atoms. The average molecular weight is 437 g/mol. The summed E-state index contributed by atoms with van der Waals surface area (Å²) in [7, 11) is 0. The molecule has 8 heteroatoms. The van der Waals surface area contributed by atoms with E-state index in [0.29, 0.717) is 17.9 Å². The van der Waals surface area contributed by atoms with Crippen LogP contribution in [0.15, 0.2) is 24.3 Å². The van der Waals surface area contributed by atoms with E-state index in [2.05, 4.69) is 34.0 Å². The van der Waals surface area contributed by atoms with Crippen molar-refractivity contribution in [1.29, 1.82) is 0 Å². The van der Waals surface area contributed by atoms with E-state index < -0.39 is 11.7 Å². The van der Waals surface area contributed by atoms with Gasteiger partial charge in [-0.1, -0.05) is 19.1 Å². The van der Waals surface area contributed by atoms with Crippen LogP contribution in [0, 0.1) is 12.8 Å². The van der Waals surface area contributed by atoms with E-state index in [1.54, 1.807) is 6.07 Å². The van der Waals surface area contributed by atoms with Gasteiger partial charge in [-0.25, -0.2) is 4.98 Å². The summed E-state index contributed by atoms with van der Waals surface area (Å²) in [5, 5.41) is 2.74. The number of benzene rings is 1. The van der Waals surface area contributed by atoms with Gasteiger partial charge >= 0.3 is 6.18 Å². The molecule has 0 unspecified atom stereocenters. The maximum absolute atomic E-state index is 12.8. The fourth-order valence-electron chi connectivity index (χ4n) is 4.01. The molecular weight excluding hydrogens is 405 g/mol. The SMILES string of the molecule is CCc1nc(CN2CCC(CCC(=O)NCc3cccc(C(F)(F)F)c3)CC2)c(C)[nH]1. The largest absolute Gasteiger partial charge is 0.416 e. The summed E-state index contributed by atoms with van der Waals surface area (Å²) in [5.41, 5.74) is 2.01. The Labute approximate surface area is 181 Å². The van der Waals surface area contributed by atoms with Crippen LogP contribution in [0.25, 0.3) is 0 Å². The van der Waals surface area contributed by atoms with Gasteiger partial charge in [-0.05, 0) is 62.9 Å². The molecule has 2 N–H and O–H groups in total. The minimum absolute atomic E-state index is 0.112. The molecule has 0 aliphatic carbocycles. The van der Waals surface area contributed by atoms with Crippen LogP contribution in [-0.2, 0) is 30.5 Å². The predicted octanol–water partition coefficient (Wildman–Crippen LogP) is 4.61. The number of imidazole rings is 1. The number of halogens is 3. The number of rotatable bonds is 8. The number of hydrogen-bond donors (Lipinski definition) is 2. The van der Waals surface area contributed by atoms with Crippen molar-refractivity contribution in [1.82, 2.24) is 20.2 Å². The Balaban J connectivity index is 1.36. The summed E-state index contributed by atoms with van der Waals surface area (Å²) in [4.78, 5) is 22.5. The van der Waals surface area contributed by atoms with E-state index in [4.69, 9.17) is 0 Å². The zero-order valence-electron chi connectivity index (χ0n) is 18.2. The van der Waals surface area contributed by atoms with Crippen molar-refractivity contribution in [3.05, 3.63) is 52.6 Å². The van der Waals surface area contributed by atoms with Gasteiger partial charge < -0.3 is 10.3 Å². The highest BCUT2D eigenvalue weighted by Gasteiger charge is 2.30. The van der Waals surface area contributed by atoms with Crippen molar-refractivity contribution < 1.29 is 18.0 Å². The Morgan fingerprint density at radius 1 is 1.29 bits per heavy atom. The molecular formula is C23H31F3N4O. The standard InChI is InChI=1S/C23H31F3N4O/c1-3-21-28-16(2)20(29-21)15-30-11-9-17(10-12-30)7-8-22(31)27-14-18-5-4-6-19(13-18)23(24,25)26/h4-6,13,17H,3,7-12,14-15H2,1-2H3,(H,27,31)(H,28,29). The van der Waals surface area contributed by atoms with Crippen molar-refractivity contribution in [3.63, 3.8) is 0 Å². The lowest BCUT2D eigenvalue weighted by Crippen LogP contribution is -2.34. The third-order valence-electron chi connectivity index (χ3n) is 5.97. The number of nitrogens with one attached hydrogen (secondary N) is 2. The lowest BCUT2D eigenvalue weighted by Gasteiger charge is -2.31. The van der Waals surface area contributed by atoms with Gasteiger partial charge in [0, 0.05) is 31.6 Å². The number of nitrogens with zero attached hydrogens (tertiary/aromatic N) is 2. The highest BCUT2D eigenvalue weighted by atomic mass is 19.4. The summed E-state index contributed by atoms with van der Waals surface area (Å²) in [6.45, 7) is 7.10. The van der Waals surface area contributed by atoms with Gasteiger partial charge in [0.15, 0.2) is 0 Å². The molecule has 1 aromatic heterocycles. The highest BCUT2D eigenvalue weighted by molar-refractivity contribution is 5.75. The molecule has 1 amide bonds. The molecule has 31 heavy (non-hydrogen) atoms. The third kappa shape index (κ3) is 6.82. The number of hydrogen-bond acceptors (Lipinski definition) is 3. The lowest BCUT2D eigenvalue weighted by molar-refractivity contribution is -0.137. The Bertz CT molecular complexity index is 870. The summed E-state index contributed by atoms with van der Waals surface area (Å²) in [6, 6.07) is 5.08. The number of carbonyl (C=O) groups is 1. The molecule has 0 radical (unpaired) electrons. The molecule has 1 saturated heterocycles. The number of carbonyl (C=O) groups excluding carboxylic acids is 1. The van der Waals surface area contributed by atoms with E-state index in [-0.39, 0.29) is 12.5 Å². The van der Waals surface area contributed by atoms with E-state index in [0.717, 1.165) is 74.7 Å². The van der Waals surface area contributed by atoms with Crippen molar-refractivity contribution in [2.75, 3.05) is 13.1 Å². The summed E-state index contributed by atoms with van der Waals surface area (Å²) in [5.74, 6) is 1.42.